The Hall–Kier alpha value is -4.18. The Morgan fingerprint density at radius 3 is 2.34 bits per heavy atom. The fourth-order valence-corrected chi connectivity index (χ4v) is 5.33. The van der Waals surface area contributed by atoms with Gasteiger partial charge in [0, 0.05) is 23.7 Å². The predicted octanol–water partition coefficient (Wildman–Crippen LogP) is 4.59. The average molecular weight is 495 g/mol. The molecule has 35 heavy (non-hydrogen) atoms. The second kappa shape index (κ2) is 9.22. The van der Waals surface area contributed by atoms with Gasteiger partial charge in [0.2, 0.25) is 0 Å². The van der Waals surface area contributed by atoms with Crippen molar-refractivity contribution >= 4 is 32.6 Å². The Morgan fingerprint density at radius 2 is 1.71 bits per heavy atom. The largest absolute Gasteiger partial charge is 0.496 e. The predicted molar refractivity (Wildman–Crippen MR) is 130 cm³/mol. The number of non-ortho nitro benzene ring substituents is 1. The number of nitro benzene ring substituents is 1. The fraction of sp³-hybridized carbons (Fsp3) is 0.160. The maximum Gasteiger partial charge on any atom is 0.335 e. The number of nitro groups is 1. The summed E-state index contributed by atoms with van der Waals surface area (Å²) in [5.74, 6) is -0.682. The molecule has 1 aromatic heterocycles. The van der Waals surface area contributed by atoms with E-state index < -0.39 is 20.9 Å². The number of methoxy groups -OCH3 is 1. The zero-order valence-corrected chi connectivity index (χ0v) is 19.8. The normalized spacial score (nSPS) is 11.5. The van der Waals surface area contributed by atoms with Gasteiger partial charge in [-0.2, -0.15) is 0 Å². The minimum atomic E-state index is -3.95. The molecular weight excluding hydrogens is 472 g/mol. The number of rotatable bonds is 8. The number of nitrogens with zero attached hydrogens (tertiary/aromatic N) is 2. The Balaban J connectivity index is 1.79. The van der Waals surface area contributed by atoms with Crippen molar-refractivity contribution in [1.82, 2.24) is 3.97 Å². The van der Waals surface area contributed by atoms with Crippen molar-refractivity contribution < 1.29 is 28.0 Å². The lowest BCUT2D eigenvalue weighted by atomic mass is 10.0. The van der Waals surface area contributed by atoms with Crippen LogP contribution in [0.25, 0.3) is 10.9 Å². The quantitative estimate of drug-likeness (QED) is 0.280. The summed E-state index contributed by atoms with van der Waals surface area (Å²) in [4.78, 5) is 22.2. The van der Waals surface area contributed by atoms with E-state index in [0.717, 1.165) is 15.1 Å². The minimum absolute atomic E-state index is 0.0852. The van der Waals surface area contributed by atoms with Crippen molar-refractivity contribution in [3.8, 4) is 5.75 Å². The molecule has 0 radical (unpaired) electrons. The van der Waals surface area contributed by atoms with E-state index in [1.54, 1.807) is 18.2 Å². The number of fused-ring (bicyclic) bond motifs is 1. The van der Waals surface area contributed by atoms with E-state index in [1.807, 2.05) is 6.92 Å². The van der Waals surface area contributed by atoms with Gasteiger partial charge < -0.3 is 9.84 Å². The second-order valence-corrected chi connectivity index (χ2v) is 9.87. The lowest BCUT2D eigenvalue weighted by Gasteiger charge is -2.09. The van der Waals surface area contributed by atoms with Gasteiger partial charge >= 0.3 is 5.97 Å². The van der Waals surface area contributed by atoms with Crippen molar-refractivity contribution in [2.24, 2.45) is 0 Å². The van der Waals surface area contributed by atoms with Gasteiger partial charge in [-0.05, 0) is 61.2 Å². The Bertz CT molecular complexity index is 1550. The van der Waals surface area contributed by atoms with E-state index >= 15 is 0 Å². The molecule has 3 aromatic carbocycles. The van der Waals surface area contributed by atoms with E-state index in [-0.39, 0.29) is 16.1 Å². The molecule has 0 spiro atoms. The second-order valence-electron chi connectivity index (χ2n) is 8.06. The maximum atomic E-state index is 13.4. The molecule has 4 aromatic rings. The summed E-state index contributed by atoms with van der Waals surface area (Å²) in [7, 11) is -2.51. The molecule has 0 aliphatic carbocycles. The third kappa shape index (κ3) is 4.60. The molecule has 1 N–H and O–H groups in total. The molecule has 0 saturated heterocycles. The summed E-state index contributed by atoms with van der Waals surface area (Å²) in [6.07, 6.45) is 2.23. The third-order valence-corrected chi connectivity index (χ3v) is 7.51. The highest BCUT2D eigenvalue weighted by molar-refractivity contribution is 7.90. The summed E-state index contributed by atoms with van der Waals surface area (Å²) < 4.78 is 33.3. The van der Waals surface area contributed by atoms with Gasteiger partial charge in [-0.15, -0.1) is 0 Å². The smallest absolute Gasteiger partial charge is 0.335 e. The van der Waals surface area contributed by atoms with E-state index in [4.69, 9.17) is 4.74 Å². The molecule has 0 unspecified atom stereocenters. The Labute approximate surface area is 201 Å². The van der Waals surface area contributed by atoms with Crippen molar-refractivity contribution in [2.75, 3.05) is 7.11 Å². The monoisotopic (exact) mass is 494 g/mol. The molecule has 1 heterocycles. The number of carbonyl (C=O) groups is 1. The molecule has 4 rings (SSSR count). The zero-order chi connectivity index (χ0) is 25.3. The van der Waals surface area contributed by atoms with Crippen molar-refractivity contribution in [1.29, 1.82) is 0 Å². The lowest BCUT2D eigenvalue weighted by Crippen LogP contribution is -2.11. The number of carboxylic acids is 1. The summed E-state index contributed by atoms with van der Waals surface area (Å²) in [6, 6.07) is 15.1. The average Bonchev–Trinajstić information content (AvgIpc) is 3.21. The summed E-state index contributed by atoms with van der Waals surface area (Å²) in [5, 5.41) is 21.0. The fourth-order valence-electron chi connectivity index (χ4n) is 3.94. The van der Waals surface area contributed by atoms with Crippen LogP contribution in [0, 0.1) is 17.0 Å². The number of aryl methyl sites for hydroxylation is 3. The number of ether oxygens (including phenoxy) is 1. The van der Waals surface area contributed by atoms with Crippen LogP contribution in [-0.2, 0) is 22.9 Å². The van der Waals surface area contributed by atoms with Crippen LogP contribution in [0.4, 0.5) is 5.69 Å². The molecule has 0 bridgehead atoms. The van der Waals surface area contributed by atoms with Crippen molar-refractivity contribution in [3.05, 3.63) is 99.2 Å². The number of aromatic nitrogens is 1. The van der Waals surface area contributed by atoms with Crippen LogP contribution >= 0.6 is 0 Å². The summed E-state index contributed by atoms with van der Waals surface area (Å²) in [6.45, 7) is 1.86. The van der Waals surface area contributed by atoms with Gasteiger partial charge in [0.1, 0.15) is 5.75 Å². The standard InChI is InChI=1S/C25H22N2O7S/c1-16-3-10-21(11-4-16)35(32,33)26-15-19(22-14-20(27(30)31)9-12-23(22)26)8-6-17-5-7-18(25(28)29)13-24(17)34-2/h3-5,7,9-15H,6,8H2,1-2H3,(H,28,29). The molecule has 0 saturated carbocycles. The molecule has 180 valence electrons. The number of benzene rings is 3. The van der Waals surface area contributed by atoms with Gasteiger partial charge in [0.25, 0.3) is 15.7 Å². The van der Waals surface area contributed by atoms with Crippen LogP contribution in [0.3, 0.4) is 0 Å². The first-order valence-corrected chi connectivity index (χ1v) is 12.1. The Kier molecular flexibility index (Phi) is 6.31. The third-order valence-electron chi connectivity index (χ3n) is 5.82. The van der Waals surface area contributed by atoms with Gasteiger partial charge in [0.15, 0.2) is 0 Å². The SMILES string of the molecule is COc1cc(C(=O)O)ccc1CCc1cn(S(=O)(=O)c2ccc(C)cc2)c2ccc([N+](=O)[O-])cc12. The van der Waals surface area contributed by atoms with Crippen LogP contribution in [0.1, 0.15) is 27.0 Å². The van der Waals surface area contributed by atoms with Crippen molar-refractivity contribution in [3.63, 3.8) is 0 Å². The topological polar surface area (TPSA) is 129 Å². The van der Waals surface area contributed by atoms with Gasteiger partial charge in [0.05, 0.1) is 28.0 Å². The highest BCUT2D eigenvalue weighted by Crippen LogP contribution is 2.31. The van der Waals surface area contributed by atoms with E-state index in [1.165, 1.54) is 55.8 Å². The molecule has 0 atom stereocenters. The maximum absolute atomic E-state index is 13.4. The van der Waals surface area contributed by atoms with E-state index in [2.05, 4.69) is 0 Å². The highest BCUT2D eigenvalue weighted by atomic mass is 32.2. The van der Waals surface area contributed by atoms with Gasteiger partial charge in [-0.3, -0.25) is 10.1 Å². The number of carboxylic acid groups (broad SMARTS) is 1. The van der Waals surface area contributed by atoms with Crippen LogP contribution in [-0.4, -0.2) is 35.5 Å². The van der Waals surface area contributed by atoms with Gasteiger partial charge in [-0.1, -0.05) is 23.8 Å². The first kappa shape index (κ1) is 24.0. The number of hydrogen-bond donors (Lipinski definition) is 1. The van der Waals surface area contributed by atoms with Crippen LogP contribution in [0.2, 0.25) is 0 Å². The lowest BCUT2D eigenvalue weighted by molar-refractivity contribution is -0.384. The van der Waals surface area contributed by atoms with Crippen LogP contribution in [0.5, 0.6) is 5.75 Å². The first-order valence-electron chi connectivity index (χ1n) is 10.6. The molecule has 0 aliphatic heterocycles. The molecule has 0 fully saturated rings. The van der Waals surface area contributed by atoms with Crippen LogP contribution < -0.4 is 4.74 Å². The minimum Gasteiger partial charge on any atom is -0.496 e. The van der Waals surface area contributed by atoms with Gasteiger partial charge in [-0.25, -0.2) is 17.2 Å². The van der Waals surface area contributed by atoms with E-state index in [0.29, 0.717) is 35.1 Å². The van der Waals surface area contributed by atoms with Crippen LogP contribution in [0.15, 0.2) is 71.8 Å². The number of aromatic carboxylic acids is 1. The zero-order valence-electron chi connectivity index (χ0n) is 19.0. The summed E-state index contributed by atoms with van der Waals surface area (Å²) >= 11 is 0. The Morgan fingerprint density at radius 1 is 1.03 bits per heavy atom. The highest BCUT2D eigenvalue weighted by Gasteiger charge is 2.23. The number of hydrogen-bond acceptors (Lipinski definition) is 6. The van der Waals surface area contributed by atoms with E-state index in [9.17, 15) is 28.4 Å². The van der Waals surface area contributed by atoms with Crippen molar-refractivity contribution in [2.45, 2.75) is 24.7 Å². The molecule has 0 amide bonds. The molecule has 10 heteroatoms. The molecule has 9 nitrogen and oxygen atoms in total. The molecular formula is C25H22N2O7S. The molecule has 0 aliphatic rings. The first-order chi connectivity index (χ1) is 16.6. The summed E-state index contributed by atoms with van der Waals surface area (Å²) in [5.41, 5.74) is 2.52.